The van der Waals surface area contributed by atoms with Gasteiger partial charge in [-0.1, -0.05) is 13.8 Å². The van der Waals surface area contributed by atoms with Gasteiger partial charge >= 0.3 is 11.9 Å². The summed E-state index contributed by atoms with van der Waals surface area (Å²) < 4.78 is 9.68. The Morgan fingerprint density at radius 3 is 1.50 bits per heavy atom. The Labute approximate surface area is 107 Å². The van der Waals surface area contributed by atoms with Crippen LogP contribution in [-0.2, 0) is 19.1 Å². The second kappa shape index (κ2) is 8.75. The minimum Gasteiger partial charge on any atom is -0.461 e. The van der Waals surface area contributed by atoms with Gasteiger partial charge in [0.25, 0.3) is 0 Å². The van der Waals surface area contributed by atoms with Crippen LogP contribution in [0.1, 0.15) is 26.7 Å². The second-order valence-corrected chi connectivity index (χ2v) is 4.43. The van der Waals surface area contributed by atoms with E-state index in [4.69, 9.17) is 9.47 Å². The Morgan fingerprint density at radius 1 is 0.938 bits per heavy atom. The number of carbonyl (C=O) groups excluding carboxylic acids is 2. The molecule has 2 unspecified atom stereocenters. The average molecular weight is 266 g/mol. The zero-order chi connectivity index (χ0) is 12.6. The quantitative estimate of drug-likeness (QED) is 0.416. The fraction of sp³-hybridized carbons (Fsp3) is 0.800. The number of hydrogen-bond donors (Lipinski definition) is 2. The first-order valence-corrected chi connectivity index (χ1v) is 6.25. The lowest BCUT2D eigenvalue weighted by Crippen LogP contribution is -2.23. The zero-order valence-corrected chi connectivity index (χ0v) is 11.3. The van der Waals surface area contributed by atoms with Gasteiger partial charge < -0.3 is 9.47 Å². The molecule has 0 aliphatic heterocycles. The lowest BCUT2D eigenvalue weighted by molar-refractivity contribution is -0.151. The minimum absolute atomic E-state index is 0.0614. The van der Waals surface area contributed by atoms with Crippen molar-refractivity contribution in [2.75, 3.05) is 13.2 Å². The van der Waals surface area contributed by atoms with Crippen molar-refractivity contribution in [3.8, 4) is 0 Å². The number of hydrogen-bond acceptors (Lipinski definition) is 6. The molecular formula is C10H18O4S2. The van der Waals surface area contributed by atoms with Crippen molar-refractivity contribution in [3.63, 3.8) is 0 Å². The highest BCUT2D eigenvalue weighted by atomic mass is 32.1. The van der Waals surface area contributed by atoms with Crippen LogP contribution >= 0.6 is 25.3 Å². The molecule has 0 aliphatic carbocycles. The molecule has 0 aromatic heterocycles. The van der Waals surface area contributed by atoms with Gasteiger partial charge in [0.05, 0.1) is 10.5 Å². The third-order valence-corrected chi connectivity index (χ3v) is 3.04. The SMILES string of the molecule is CCC(S)C(=O)OCCOC(=O)C(S)CC. The van der Waals surface area contributed by atoms with Crippen molar-refractivity contribution < 1.29 is 19.1 Å². The van der Waals surface area contributed by atoms with Crippen molar-refractivity contribution in [2.24, 2.45) is 0 Å². The lowest BCUT2D eigenvalue weighted by Gasteiger charge is -2.10. The van der Waals surface area contributed by atoms with Crippen molar-refractivity contribution in [2.45, 2.75) is 37.2 Å². The summed E-state index contributed by atoms with van der Waals surface area (Å²) in [6.45, 7) is 3.80. The number of ether oxygens (including phenoxy) is 2. The first-order valence-electron chi connectivity index (χ1n) is 5.22. The van der Waals surface area contributed by atoms with Crippen LogP contribution in [0, 0.1) is 0 Å². The van der Waals surface area contributed by atoms with Gasteiger partial charge in [0.1, 0.15) is 13.2 Å². The van der Waals surface area contributed by atoms with E-state index in [2.05, 4.69) is 25.3 Å². The Balaban J connectivity index is 3.61. The number of thiol groups is 2. The summed E-state index contributed by atoms with van der Waals surface area (Å²) in [5, 5.41) is -0.826. The monoisotopic (exact) mass is 266 g/mol. The fourth-order valence-corrected chi connectivity index (χ4v) is 0.959. The van der Waals surface area contributed by atoms with Gasteiger partial charge in [0.15, 0.2) is 0 Å². The molecule has 4 nitrogen and oxygen atoms in total. The van der Waals surface area contributed by atoms with E-state index in [-0.39, 0.29) is 25.2 Å². The van der Waals surface area contributed by atoms with Crippen LogP contribution in [0.2, 0.25) is 0 Å². The summed E-state index contributed by atoms with van der Waals surface area (Å²) in [7, 11) is 0. The zero-order valence-electron chi connectivity index (χ0n) is 9.51. The minimum atomic E-state index is -0.413. The van der Waals surface area contributed by atoms with E-state index >= 15 is 0 Å². The maximum absolute atomic E-state index is 11.2. The molecular weight excluding hydrogens is 248 g/mol. The summed E-state index contributed by atoms with van der Waals surface area (Å²) in [6, 6.07) is 0. The molecule has 0 radical (unpaired) electrons. The van der Waals surface area contributed by atoms with E-state index in [1.807, 2.05) is 13.8 Å². The van der Waals surface area contributed by atoms with Gasteiger partial charge in [-0.15, -0.1) is 0 Å². The summed E-state index contributed by atoms with van der Waals surface area (Å²) in [6.07, 6.45) is 1.21. The molecule has 0 aromatic carbocycles. The van der Waals surface area contributed by atoms with E-state index in [0.29, 0.717) is 12.8 Å². The first kappa shape index (κ1) is 15.6. The molecule has 0 bridgehead atoms. The van der Waals surface area contributed by atoms with Crippen molar-refractivity contribution >= 4 is 37.2 Å². The lowest BCUT2D eigenvalue weighted by atomic mass is 10.3. The number of esters is 2. The molecule has 16 heavy (non-hydrogen) atoms. The van der Waals surface area contributed by atoms with Crippen LogP contribution < -0.4 is 0 Å². The van der Waals surface area contributed by atoms with Crippen LogP contribution in [0.25, 0.3) is 0 Å². The molecule has 0 spiro atoms. The molecule has 2 atom stereocenters. The summed E-state index contributed by atoms with van der Waals surface area (Å²) in [5.74, 6) is -0.778. The van der Waals surface area contributed by atoms with E-state index in [1.54, 1.807) is 0 Å². The predicted octanol–water partition coefficient (Wildman–Crippen LogP) is 1.49. The van der Waals surface area contributed by atoms with Crippen LogP contribution in [0.5, 0.6) is 0 Å². The maximum atomic E-state index is 11.2. The Bertz CT molecular complexity index is 209. The maximum Gasteiger partial charge on any atom is 0.318 e. The Hall–Kier alpha value is -0.360. The first-order chi connectivity index (χ1) is 7.52. The molecule has 0 saturated heterocycles. The largest absolute Gasteiger partial charge is 0.461 e. The molecule has 0 N–H and O–H groups in total. The van der Waals surface area contributed by atoms with Crippen molar-refractivity contribution in [1.29, 1.82) is 0 Å². The van der Waals surface area contributed by atoms with Crippen LogP contribution in [0.3, 0.4) is 0 Å². The smallest absolute Gasteiger partial charge is 0.318 e. The summed E-state index contributed by atoms with van der Waals surface area (Å²) >= 11 is 8.04. The van der Waals surface area contributed by atoms with E-state index in [0.717, 1.165) is 0 Å². The Kier molecular flexibility index (Phi) is 8.56. The van der Waals surface area contributed by atoms with Gasteiger partial charge in [-0.3, -0.25) is 9.59 Å². The van der Waals surface area contributed by atoms with Gasteiger partial charge in [0.2, 0.25) is 0 Å². The molecule has 0 fully saturated rings. The van der Waals surface area contributed by atoms with E-state index in [9.17, 15) is 9.59 Å². The van der Waals surface area contributed by atoms with E-state index < -0.39 is 10.5 Å². The van der Waals surface area contributed by atoms with Crippen molar-refractivity contribution in [3.05, 3.63) is 0 Å². The second-order valence-electron chi connectivity index (χ2n) is 3.18. The Morgan fingerprint density at radius 2 is 1.25 bits per heavy atom. The third-order valence-electron chi connectivity index (χ3n) is 1.89. The number of carbonyl (C=O) groups is 2. The molecule has 6 heteroatoms. The van der Waals surface area contributed by atoms with Crippen LogP contribution in [0.4, 0.5) is 0 Å². The average Bonchev–Trinajstić information content (AvgIpc) is 2.31. The standard InChI is InChI=1S/C10H18O4S2/c1-3-7(15)9(11)13-5-6-14-10(12)8(16)4-2/h7-8,15-16H,3-6H2,1-2H3. The highest BCUT2D eigenvalue weighted by Crippen LogP contribution is 2.04. The fourth-order valence-electron chi connectivity index (χ4n) is 0.810. The van der Waals surface area contributed by atoms with Gasteiger partial charge in [-0.05, 0) is 12.8 Å². The summed E-state index contributed by atoms with van der Waals surface area (Å²) in [4.78, 5) is 22.3. The van der Waals surface area contributed by atoms with Crippen molar-refractivity contribution in [1.82, 2.24) is 0 Å². The normalized spacial score (nSPS) is 14.0. The molecule has 0 saturated carbocycles. The highest BCUT2D eigenvalue weighted by molar-refractivity contribution is 7.82. The van der Waals surface area contributed by atoms with Gasteiger partial charge in [0, 0.05) is 0 Å². The molecule has 0 aromatic rings. The third kappa shape index (κ3) is 6.27. The number of rotatable bonds is 7. The topological polar surface area (TPSA) is 52.6 Å². The molecule has 94 valence electrons. The van der Waals surface area contributed by atoms with Crippen LogP contribution in [-0.4, -0.2) is 35.7 Å². The molecule has 0 amide bonds. The highest BCUT2D eigenvalue weighted by Gasteiger charge is 2.14. The molecule has 0 heterocycles. The van der Waals surface area contributed by atoms with E-state index in [1.165, 1.54) is 0 Å². The summed E-state index contributed by atoms with van der Waals surface area (Å²) in [5.41, 5.74) is 0. The molecule has 0 rings (SSSR count). The van der Waals surface area contributed by atoms with Crippen LogP contribution in [0.15, 0.2) is 0 Å². The molecule has 0 aliphatic rings. The van der Waals surface area contributed by atoms with Gasteiger partial charge in [-0.25, -0.2) is 0 Å². The van der Waals surface area contributed by atoms with Gasteiger partial charge in [-0.2, -0.15) is 25.3 Å². The predicted molar refractivity (Wildman–Crippen MR) is 68.0 cm³/mol.